The second-order valence-corrected chi connectivity index (χ2v) is 3.94. The van der Waals surface area contributed by atoms with Crippen molar-refractivity contribution in [2.75, 3.05) is 6.54 Å². The van der Waals surface area contributed by atoms with Gasteiger partial charge in [-0.2, -0.15) is 0 Å². The Morgan fingerprint density at radius 1 is 1.50 bits per heavy atom. The van der Waals surface area contributed by atoms with Crippen molar-refractivity contribution in [1.82, 2.24) is 5.32 Å². The summed E-state index contributed by atoms with van der Waals surface area (Å²) in [6.45, 7) is 4.29. The summed E-state index contributed by atoms with van der Waals surface area (Å²) in [7, 11) is 0. The molecule has 1 aromatic heterocycles. The molecule has 84 valence electrons. The third kappa shape index (κ3) is 1.67. The highest BCUT2D eigenvalue weighted by Crippen LogP contribution is 2.30. The summed E-state index contributed by atoms with van der Waals surface area (Å²) >= 11 is 6.00. The van der Waals surface area contributed by atoms with E-state index in [1.807, 2.05) is 26.0 Å². The molecule has 0 aliphatic rings. The minimum atomic E-state index is -0.202. The van der Waals surface area contributed by atoms with Gasteiger partial charge in [-0.15, -0.1) is 0 Å². The Morgan fingerprint density at radius 3 is 2.88 bits per heavy atom. The summed E-state index contributed by atoms with van der Waals surface area (Å²) < 4.78 is 5.50. The number of hydrogen-bond acceptors (Lipinski definition) is 2. The fourth-order valence-electron chi connectivity index (χ4n) is 1.67. The summed E-state index contributed by atoms with van der Waals surface area (Å²) in [6, 6.07) is 5.48. The fourth-order valence-corrected chi connectivity index (χ4v) is 1.88. The number of carbonyl (C=O) groups excluding carboxylic acids is 1. The Balaban J connectivity index is 2.60. The second-order valence-electron chi connectivity index (χ2n) is 3.53. The summed E-state index contributed by atoms with van der Waals surface area (Å²) in [5.41, 5.74) is 1.39. The van der Waals surface area contributed by atoms with Crippen molar-refractivity contribution in [3.8, 4) is 0 Å². The van der Waals surface area contributed by atoms with Gasteiger partial charge in [0.25, 0.3) is 5.91 Å². The van der Waals surface area contributed by atoms with Crippen LogP contribution in [0.15, 0.2) is 22.6 Å². The number of furan rings is 1. The van der Waals surface area contributed by atoms with Crippen LogP contribution in [0.1, 0.15) is 23.0 Å². The minimum absolute atomic E-state index is 0.202. The third-order valence-electron chi connectivity index (χ3n) is 2.46. The van der Waals surface area contributed by atoms with Crippen molar-refractivity contribution < 1.29 is 9.21 Å². The molecule has 0 atom stereocenters. The van der Waals surface area contributed by atoms with Crippen molar-refractivity contribution in [2.24, 2.45) is 0 Å². The molecular weight excluding hydrogens is 226 g/mol. The van der Waals surface area contributed by atoms with Crippen LogP contribution in [0.3, 0.4) is 0 Å². The first-order valence-electron chi connectivity index (χ1n) is 5.11. The molecule has 0 fully saturated rings. The van der Waals surface area contributed by atoms with Gasteiger partial charge in [0, 0.05) is 17.5 Å². The quantitative estimate of drug-likeness (QED) is 0.872. The lowest BCUT2D eigenvalue weighted by molar-refractivity contribution is 0.0929. The molecule has 0 unspecified atom stereocenters. The summed E-state index contributed by atoms with van der Waals surface area (Å²) in [5, 5.41) is 4.11. The number of hydrogen-bond donors (Lipinski definition) is 1. The molecule has 16 heavy (non-hydrogen) atoms. The van der Waals surface area contributed by atoms with Gasteiger partial charge in [0.05, 0.1) is 5.02 Å². The van der Waals surface area contributed by atoms with E-state index in [-0.39, 0.29) is 5.91 Å². The maximum Gasteiger partial charge on any atom is 0.287 e. The van der Waals surface area contributed by atoms with E-state index in [1.54, 1.807) is 6.07 Å². The van der Waals surface area contributed by atoms with E-state index in [1.165, 1.54) is 0 Å². The Labute approximate surface area is 98.4 Å². The van der Waals surface area contributed by atoms with Crippen LogP contribution >= 0.6 is 11.6 Å². The first-order valence-corrected chi connectivity index (χ1v) is 5.48. The molecule has 1 amide bonds. The summed E-state index contributed by atoms with van der Waals surface area (Å²) in [5.74, 6) is 0.136. The van der Waals surface area contributed by atoms with Gasteiger partial charge in [-0.1, -0.05) is 23.7 Å². The van der Waals surface area contributed by atoms with Crippen LogP contribution < -0.4 is 5.32 Å². The van der Waals surface area contributed by atoms with E-state index in [0.29, 0.717) is 22.9 Å². The number of para-hydroxylation sites is 1. The summed E-state index contributed by atoms with van der Waals surface area (Å²) in [4.78, 5) is 11.7. The number of halogens is 1. The van der Waals surface area contributed by atoms with Crippen LogP contribution in [-0.2, 0) is 0 Å². The molecule has 1 aromatic carbocycles. The standard InChI is InChI=1S/C12H12ClNO2/c1-3-14-12(15)10-7(2)8-5-4-6-9(13)11(8)16-10/h4-6H,3H2,1-2H3,(H,14,15). The van der Waals surface area contributed by atoms with Gasteiger partial charge in [-0.3, -0.25) is 4.79 Å². The molecule has 0 saturated heterocycles. The van der Waals surface area contributed by atoms with Crippen molar-refractivity contribution in [3.63, 3.8) is 0 Å². The molecule has 0 aliphatic carbocycles. The van der Waals surface area contributed by atoms with E-state index in [0.717, 1.165) is 10.9 Å². The molecule has 0 saturated carbocycles. The predicted molar refractivity (Wildman–Crippen MR) is 64.0 cm³/mol. The third-order valence-corrected chi connectivity index (χ3v) is 2.76. The number of aryl methyl sites for hydroxylation is 1. The van der Waals surface area contributed by atoms with Gasteiger partial charge in [-0.05, 0) is 19.9 Å². The molecule has 1 heterocycles. The topological polar surface area (TPSA) is 42.2 Å². The lowest BCUT2D eigenvalue weighted by Crippen LogP contribution is -2.22. The molecule has 1 N–H and O–H groups in total. The van der Waals surface area contributed by atoms with Crippen molar-refractivity contribution >= 4 is 28.5 Å². The predicted octanol–water partition coefficient (Wildman–Crippen LogP) is 3.14. The fraction of sp³-hybridized carbons (Fsp3) is 0.250. The zero-order chi connectivity index (χ0) is 11.7. The highest BCUT2D eigenvalue weighted by molar-refractivity contribution is 6.35. The number of amides is 1. The second kappa shape index (κ2) is 4.18. The zero-order valence-corrected chi connectivity index (χ0v) is 9.89. The Bertz CT molecular complexity index is 545. The van der Waals surface area contributed by atoms with Crippen LogP contribution in [0.2, 0.25) is 5.02 Å². The van der Waals surface area contributed by atoms with Crippen LogP contribution in [0.4, 0.5) is 0 Å². The largest absolute Gasteiger partial charge is 0.449 e. The first-order chi connectivity index (χ1) is 7.65. The molecule has 0 radical (unpaired) electrons. The highest BCUT2D eigenvalue weighted by atomic mass is 35.5. The average molecular weight is 238 g/mol. The molecule has 0 aliphatic heterocycles. The number of carbonyl (C=O) groups is 1. The minimum Gasteiger partial charge on any atom is -0.449 e. The molecule has 2 rings (SSSR count). The van der Waals surface area contributed by atoms with Gasteiger partial charge < -0.3 is 9.73 Å². The lowest BCUT2D eigenvalue weighted by Gasteiger charge is -1.98. The Hall–Kier alpha value is -1.48. The molecule has 3 nitrogen and oxygen atoms in total. The summed E-state index contributed by atoms with van der Waals surface area (Å²) in [6.07, 6.45) is 0. The van der Waals surface area contributed by atoms with Gasteiger partial charge in [0.2, 0.25) is 0 Å². The maximum atomic E-state index is 11.7. The monoisotopic (exact) mass is 237 g/mol. The number of rotatable bonds is 2. The molecular formula is C12H12ClNO2. The van der Waals surface area contributed by atoms with Crippen LogP contribution in [0, 0.1) is 6.92 Å². The van der Waals surface area contributed by atoms with Crippen molar-refractivity contribution in [3.05, 3.63) is 34.5 Å². The lowest BCUT2D eigenvalue weighted by atomic mass is 10.1. The van der Waals surface area contributed by atoms with E-state index in [2.05, 4.69) is 5.32 Å². The molecule has 4 heteroatoms. The van der Waals surface area contributed by atoms with Crippen molar-refractivity contribution in [2.45, 2.75) is 13.8 Å². The number of fused-ring (bicyclic) bond motifs is 1. The normalized spacial score (nSPS) is 10.7. The van der Waals surface area contributed by atoms with E-state index in [4.69, 9.17) is 16.0 Å². The highest BCUT2D eigenvalue weighted by Gasteiger charge is 2.17. The number of nitrogens with one attached hydrogen (secondary N) is 1. The van der Waals surface area contributed by atoms with Gasteiger partial charge >= 0.3 is 0 Å². The SMILES string of the molecule is CCNC(=O)c1oc2c(Cl)cccc2c1C. The van der Waals surface area contributed by atoms with E-state index >= 15 is 0 Å². The Morgan fingerprint density at radius 2 is 2.25 bits per heavy atom. The van der Waals surface area contributed by atoms with Crippen LogP contribution in [-0.4, -0.2) is 12.5 Å². The maximum absolute atomic E-state index is 11.7. The van der Waals surface area contributed by atoms with Gasteiger partial charge in [0.1, 0.15) is 0 Å². The van der Waals surface area contributed by atoms with Gasteiger partial charge in [0.15, 0.2) is 11.3 Å². The molecule has 2 aromatic rings. The molecule has 0 spiro atoms. The number of benzene rings is 1. The van der Waals surface area contributed by atoms with Crippen LogP contribution in [0.5, 0.6) is 0 Å². The van der Waals surface area contributed by atoms with Gasteiger partial charge in [-0.25, -0.2) is 0 Å². The molecule has 0 bridgehead atoms. The first kappa shape index (κ1) is 11.0. The van der Waals surface area contributed by atoms with Crippen LogP contribution in [0.25, 0.3) is 11.0 Å². The Kier molecular flexibility index (Phi) is 2.88. The van der Waals surface area contributed by atoms with E-state index in [9.17, 15) is 4.79 Å². The smallest absolute Gasteiger partial charge is 0.287 e. The van der Waals surface area contributed by atoms with Crippen molar-refractivity contribution in [1.29, 1.82) is 0 Å². The average Bonchev–Trinajstić information content (AvgIpc) is 2.59. The van der Waals surface area contributed by atoms with E-state index < -0.39 is 0 Å². The zero-order valence-electron chi connectivity index (χ0n) is 9.13.